The molecule has 4 nitrogen and oxygen atoms in total. The molecule has 0 spiro atoms. The highest BCUT2D eigenvalue weighted by Gasteiger charge is 2.25. The zero-order valence-electron chi connectivity index (χ0n) is 28.0. The molecule has 8 aromatic carbocycles. The summed E-state index contributed by atoms with van der Waals surface area (Å²) in [6, 6.07) is 64.1. The lowest BCUT2D eigenvalue weighted by atomic mass is 9.99. The van der Waals surface area contributed by atoms with Crippen molar-refractivity contribution in [3.63, 3.8) is 0 Å². The van der Waals surface area contributed by atoms with Crippen LogP contribution in [0.15, 0.2) is 191 Å². The molecular formula is C48H30N2O2. The number of nitrogens with zero attached hydrogens (tertiary/aromatic N) is 2. The largest absolute Gasteiger partial charge is 0.456 e. The lowest BCUT2D eigenvalue weighted by Crippen LogP contribution is -2.11. The minimum absolute atomic E-state index is 0.847. The number of hydrogen-bond donors (Lipinski definition) is 0. The van der Waals surface area contributed by atoms with Gasteiger partial charge in [0.25, 0.3) is 0 Å². The van der Waals surface area contributed by atoms with Gasteiger partial charge in [0, 0.05) is 38.5 Å². The predicted molar refractivity (Wildman–Crippen MR) is 215 cm³/mol. The smallest absolute Gasteiger partial charge is 0.145 e. The minimum Gasteiger partial charge on any atom is -0.456 e. The third-order valence-corrected chi connectivity index (χ3v) is 10.4. The van der Waals surface area contributed by atoms with Gasteiger partial charge >= 0.3 is 0 Å². The minimum atomic E-state index is 0.847. The maximum Gasteiger partial charge on any atom is 0.145 e. The fourth-order valence-electron chi connectivity index (χ4n) is 8.14. The molecule has 0 radical (unpaired) electrons. The van der Waals surface area contributed by atoms with E-state index < -0.39 is 0 Å². The number of para-hydroxylation sites is 4. The van der Waals surface area contributed by atoms with Crippen LogP contribution >= 0.6 is 0 Å². The highest BCUT2D eigenvalue weighted by molar-refractivity contribution is 6.20. The molecule has 52 heavy (non-hydrogen) atoms. The molecule has 0 unspecified atom stereocenters. The Balaban J connectivity index is 1.20. The molecule has 244 valence electrons. The molecule has 0 saturated carbocycles. The standard InChI is InChI=1S/C48H30N2O2/c1-2-13-31(14-3-1)34-29-30-42(47-38-18-7-11-23-44(38)52-48(34)47)50(41-21-12-24-45-46(41)37-17-6-10-22-43(37)51-45)33-27-25-32(26-28-33)49-39-19-8-4-15-35(39)36-16-5-9-20-40(36)49/h1-30H. The van der Waals surface area contributed by atoms with E-state index in [2.05, 4.69) is 167 Å². The van der Waals surface area contributed by atoms with E-state index in [4.69, 9.17) is 8.83 Å². The van der Waals surface area contributed by atoms with Crippen molar-refractivity contribution in [2.75, 3.05) is 4.90 Å². The number of rotatable bonds is 5. The third-order valence-electron chi connectivity index (χ3n) is 10.4. The van der Waals surface area contributed by atoms with Crippen LogP contribution < -0.4 is 4.90 Å². The van der Waals surface area contributed by atoms with Gasteiger partial charge in [-0.1, -0.05) is 109 Å². The van der Waals surface area contributed by atoms with Gasteiger partial charge in [-0.2, -0.15) is 0 Å². The fourth-order valence-corrected chi connectivity index (χ4v) is 8.14. The molecule has 11 aromatic rings. The van der Waals surface area contributed by atoms with Crippen LogP contribution in [0.1, 0.15) is 0 Å². The molecule has 0 fully saturated rings. The zero-order valence-corrected chi connectivity index (χ0v) is 28.0. The first-order chi connectivity index (χ1) is 25.8. The summed E-state index contributed by atoms with van der Waals surface area (Å²) in [6.45, 7) is 0. The van der Waals surface area contributed by atoms with E-state index in [9.17, 15) is 0 Å². The van der Waals surface area contributed by atoms with Crippen molar-refractivity contribution in [1.82, 2.24) is 4.57 Å². The first kappa shape index (κ1) is 28.8. The molecule has 0 aliphatic carbocycles. The Labute approximate surface area is 299 Å². The van der Waals surface area contributed by atoms with Crippen LogP contribution in [0.5, 0.6) is 0 Å². The van der Waals surface area contributed by atoms with Crippen molar-refractivity contribution in [3.05, 3.63) is 182 Å². The number of fused-ring (bicyclic) bond motifs is 9. The van der Waals surface area contributed by atoms with Crippen molar-refractivity contribution in [3.8, 4) is 16.8 Å². The van der Waals surface area contributed by atoms with Gasteiger partial charge in [-0.25, -0.2) is 0 Å². The van der Waals surface area contributed by atoms with Crippen molar-refractivity contribution < 1.29 is 8.83 Å². The highest BCUT2D eigenvalue weighted by Crippen LogP contribution is 2.49. The molecule has 0 N–H and O–H groups in total. The van der Waals surface area contributed by atoms with Crippen LogP contribution in [0.4, 0.5) is 17.1 Å². The summed E-state index contributed by atoms with van der Waals surface area (Å²) in [5.41, 5.74) is 12.2. The molecule has 4 heteroatoms. The number of furan rings is 2. The average molecular weight is 667 g/mol. The molecule has 0 saturated heterocycles. The summed E-state index contributed by atoms with van der Waals surface area (Å²) in [5, 5.41) is 6.77. The van der Waals surface area contributed by atoms with Crippen molar-refractivity contribution in [2.45, 2.75) is 0 Å². The molecule has 0 atom stereocenters. The molecule has 0 bridgehead atoms. The Hall–Kier alpha value is -7.04. The van der Waals surface area contributed by atoms with Gasteiger partial charge in [-0.15, -0.1) is 0 Å². The van der Waals surface area contributed by atoms with Crippen LogP contribution in [-0.4, -0.2) is 4.57 Å². The van der Waals surface area contributed by atoms with Gasteiger partial charge in [-0.3, -0.25) is 0 Å². The van der Waals surface area contributed by atoms with Gasteiger partial charge in [0.1, 0.15) is 22.3 Å². The molecular weight excluding hydrogens is 637 g/mol. The molecule has 11 rings (SSSR count). The summed E-state index contributed by atoms with van der Waals surface area (Å²) in [7, 11) is 0. The topological polar surface area (TPSA) is 34.5 Å². The van der Waals surface area contributed by atoms with E-state index in [1.54, 1.807) is 0 Å². The summed E-state index contributed by atoms with van der Waals surface area (Å²) < 4.78 is 15.5. The van der Waals surface area contributed by atoms with Crippen molar-refractivity contribution in [2.24, 2.45) is 0 Å². The van der Waals surface area contributed by atoms with Crippen LogP contribution in [-0.2, 0) is 0 Å². The SMILES string of the molecule is c1ccc(-c2ccc(N(c3ccc(-n4c5ccccc5c5ccccc54)cc3)c3cccc4oc5ccccc5c34)c3c2oc2ccccc23)cc1. The normalized spacial score (nSPS) is 11.8. The Kier molecular flexibility index (Phi) is 6.22. The summed E-state index contributed by atoms with van der Waals surface area (Å²) in [6.07, 6.45) is 0. The van der Waals surface area contributed by atoms with Crippen LogP contribution in [0.3, 0.4) is 0 Å². The van der Waals surface area contributed by atoms with Crippen LogP contribution in [0, 0.1) is 0 Å². The Morgan fingerprint density at radius 3 is 1.65 bits per heavy atom. The van der Waals surface area contributed by atoms with Gasteiger partial charge in [0.05, 0.1) is 33.2 Å². The first-order valence-electron chi connectivity index (χ1n) is 17.6. The monoisotopic (exact) mass is 666 g/mol. The number of benzene rings is 8. The predicted octanol–water partition coefficient (Wildman–Crippen LogP) is 13.7. The first-order valence-corrected chi connectivity index (χ1v) is 17.6. The lowest BCUT2D eigenvalue weighted by Gasteiger charge is -2.27. The van der Waals surface area contributed by atoms with E-state index >= 15 is 0 Å². The van der Waals surface area contributed by atoms with Gasteiger partial charge in [0.15, 0.2) is 0 Å². The lowest BCUT2D eigenvalue weighted by molar-refractivity contribution is 0.669. The Bertz CT molecular complexity index is 3080. The Morgan fingerprint density at radius 2 is 0.942 bits per heavy atom. The van der Waals surface area contributed by atoms with Crippen molar-refractivity contribution in [1.29, 1.82) is 0 Å². The Morgan fingerprint density at radius 1 is 0.385 bits per heavy atom. The number of hydrogen-bond acceptors (Lipinski definition) is 3. The molecule has 0 amide bonds. The summed E-state index contributed by atoms with van der Waals surface area (Å²) in [4.78, 5) is 2.37. The maximum absolute atomic E-state index is 6.74. The van der Waals surface area contributed by atoms with Gasteiger partial charge in [-0.05, 0) is 78.4 Å². The average Bonchev–Trinajstić information content (AvgIpc) is 3.89. The van der Waals surface area contributed by atoms with E-state index in [1.807, 2.05) is 24.3 Å². The molecule has 0 aliphatic heterocycles. The molecule has 3 aromatic heterocycles. The third kappa shape index (κ3) is 4.21. The van der Waals surface area contributed by atoms with Crippen molar-refractivity contribution >= 4 is 82.7 Å². The quantitative estimate of drug-likeness (QED) is 0.183. The van der Waals surface area contributed by atoms with E-state index in [0.717, 1.165) is 77.8 Å². The van der Waals surface area contributed by atoms with Gasteiger partial charge in [0.2, 0.25) is 0 Å². The van der Waals surface area contributed by atoms with E-state index in [-0.39, 0.29) is 0 Å². The zero-order chi connectivity index (χ0) is 34.2. The summed E-state index contributed by atoms with van der Waals surface area (Å²) in [5.74, 6) is 0. The van der Waals surface area contributed by atoms with E-state index in [1.165, 1.54) is 21.8 Å². The second-order valence-corrected chi connectivity index (χ2v) is 13.3. The number of aromatic nitrogens is 1. The summed E-state index contributed by atoms with van der Waals surface area (Å²) >= 11 is 0. The maximum atomic E-state index is 6.74. The molecule has 3 heterocycles. The van der Waals surface area contributed by atoms with Crippen LogP contribution in [0.25, 0.3) is 82.5 Å². The van der Waals surface area contributed by atoms with Crippen LogP contribution in [0.2, 0.25) is 0 Å². The fraction of sp³-hybridized carbons (Fsp3) is 0. The molecule has 0 aliphatic rings. The second-order valence-electron chi connectivity index (χ2n) is 13.3. The van der Waals surface area contributed by atoms with Gasteiger partial charge < -0.3 is 18.3 Å². The second kappa shape index (κ2) is 11.2. The highest BCUT2D eigenvalue weighted by atomic mass is 16.3. The number of anilines is 3. The van der Waals surface area contributed by atoms with E-state index in [0.29, 0.717) is 0 Å².